The molecule has 0 aromatic heterocycles. The van der Waals surface area contributed by atoms with E-state index in [2.05, 4.69) is 11.8 Å². The van der Waals surface area contributed by atoms with Gasteiger partial charge in [0.25, 0.3) is 0 Å². The zero-order valence-corrected chi connectivity index (χ0v) is 11.9. The van der Waals surface area contributed by atoms with Crippen molar-refractivity contribution in [3.05, 3.63) is 17.9 Å². The van der Waals surface area contributed by atoms with E-state index in [1.165, 1.54) is 18.9 Å². The summed E-state index contributed by atoms with van der Waals surface area (Å²) in [4.78, 5) is 2.13. The van der Waals surface area contributed by atoms with Gasteiger partial charge in [-0.15, -0.1) is 0 Å². The van der Waals surface area contributed by atoms with Gasteiger partial charge in [-0.2, -0.15) is 0 Å². The Labute approximate surface area is 114 Å². The zero-order chi connectivity index (χ0) is 14.0. The van der Waals surface area contributed by atoms with Crippen LogP contribution in [0.3, 0.4) is 0 Å². The summed E-state index contributed by atoms with van der Waals surface area (Å²) >= 11 is 0. The summed E-state index contributed by atoms with van der Waals surface area (Å²) in [5.74, 6) is 0.637. The molecule has 1 atom stereocenters. The van der Waals surface area contributed by atoms with Gasteiger partial charge in [0.1, 0.15) is 0 Å². The topological polar surface area (TPSA) is 38.5 Å². The Morgan fingerprint density at radius 3 is 2.74 bits per heavy atom. The highest BCUT2D eigenvalue weighted by Crippen LogP contribution is 2.39. The van der Waals surface area contributed by atoms with Crippen LogP contribution < -0.4 is 15.4 Å². The molecule has 1 aromatic carbocycles. The third kappa shape index (κ3) is 3.11. The fraction of sp³-hybridized carbons (Fsp3) is 0.600. The van der Waals surface area contributed by atoms with Gasteiger partial charge < -0.3 is 15.4 Å². The Bertz CT molecular complexity index is 446. The van der Waals surface area contributed by atoms with Crippen molar-refractivity contribution in [3.63, 3.8) is 0 Å². The minimum atomic E-state index is -0.387. The maximum absolute atomic E-state index is 13.8. The molecule has 1 aliphatic carbocycles. The first-order valence-corrected chi connectivity index (χ1v) is 6.99. The molecule has 0 aliphatic heterocycles. The van der Waals surface area contributed by atoms with Gasteiger partial charge in [0, 0.05) is 25.2 Å². The van der Waals surface area contributed by atoms with Crippen LogP contribution in [0.4, 0.5) is 15.8 Å². The van der Waals surface area contributed by atoms with Crippen LogP contribution in [0.2, 0.25) is 0 Å². The molecule has 0 amide bonds. The van der Waals surface area contributed by atoms with Gasteiger partial charge in [-0.05, 0) is 32.1 Å². The zero-order valence-electron chi connectivity index (χ0n) is 11.9. The Hall–Kier alpha value is -1.45. The number of hydrogen-bond acceptors (Lipinski definition) is 3. The van der Waals surface area contributed by atoms with E-state index >= 15 is 0 Å². The number of anilines is 2. The van der Waals surface area contributed by atoms with Gasteiger partial charge in [0.15, 0.2) is 11.6 Å². The molecule has 1 aromatic rings. The van der Waals surface area contributed by atoms with E-state index < -0.39 is 0 Å². The third-order valence-corrected chi connectivity index (χ3v) is 3.84. The summed E-state index contributed by atoms with van der Waals surface area (Å²) in [7, 11) is 2.01. The van der Waals surface area contributed by atoms with Crippen LogP contribution in [0.25, 0.3) is 0 Å². The number of halogens is 1. The van der Waals surface area contributed by atoms with E-state index in [1.54, 1.807) is 6.07 Å². The minimum absolute atomic E-state index is 0.292. The quantitative estimate of drug-likeness (QED) is 0.802. The fourth-order valence-corrected chi connectivity index (χ4v) is 2.30. The molecule has 1 aliphatic rings. The highest BCUT2D eigenvalue weighted by molar-refractivity contribution is 5.70. The van der Waals surface area contributed by atoms with Crippen LogP contribution in [0.5, 0.6) is 5.75 Å². The maximum Gasteiger partial charge on any atom is 0.167 e. The SMILES string of the molecule is CCCOc1cc(N(C)C(C)C2CC2)c(N)cc1F. The Balaban J connectivity index is 2.22. The van der Waals surface area contributed by atoms with Crippen LogP contribution in [-0.4, -0.2) is 19.7 Å². The summed E-state index contributed by atoms with van der Waals surface area (Å²) in [5.41, 5.74) is 7.26. The molecule has 0 saturated heterocycles. The predicted octanol–water partition coefficient (Wildman–Crippen LogP) is 3.43. The molecule has 3 nitrogen and oxygen atoms in total. The van der Waals surface area contributed by atoms with Gasteiger partial charge >= 0.3 is 0 Å². The van der Waals surface area contributed by atoms with Crippen molar-refractivity contribution in [3.8, 4) is 5.75 Å². The van der Waals surface area contributed by atoms with Crippen molar-refractivity contribution in [1.82, 2.24) is 0 Å². The number of nitrogens with two attached hydrogens (primary N) is 1. The lowest BCUT2D eigenvalue weighted by molar-refractivity contribution is 0.301. The van der Waals surface area contributed by atoms with E-state index in [-0.39, 0.29) is 5.82 Å². The molecule has 0 heterocycles. The molecule has 1 unspecified atom stereocenters. The number of hydrogen-bond donors (Lipinski definition) is 1. The lowest BCUT2D eigenvalue weighted by Gasteiger charge is -2.28. The Morgan fingerprint density at radius 2 is 2.16 bits per heavy atom. The predicted molar refractivity (Wildman–Crippen MR) is 77.2 cm³/mol. The molecular weight excluding hydrogens is 243 g/mol. The maximum atomic E-state index is 13.8. The van der Waals surface area contributed by atoms with Crippen molar-refractivity contribution >= 4 is 11.4 Å². The largest absolute Gasteiger partial charge is 0.490 e. The van der Waals surface area contributed by atoms with Gasteiger partial charge in [0.2, 0.25) is 0 Å². The third-order valence-electron chi connectivity index (χ3n) is 3.84. The summed E-state index contributed by atoms with van der Waals surface area (Å²) in [6.07, 6.45) is 3.39. The second-order valence-corrected chi connectivity index (χ2v) is 5.38. The van der Waals surface area contributed by atoms with Crippen LogP contribution in [0.15, 0.2) is 12.1 Å². The van der Waals surface area contributed by atoms with E-state index in [0.717, 1.165) is 18.0 Å². The lowest BCUT2D eigenvalue weighted by atomic mass is 10.1. The first-order valence-electron chi connectivity index (χ1n) is 6.99. The van der Waals surface area contributed by atoms with Gasteiger partial charge in [0.05, 0.1) is 18.0 Å². The van der Waals surface area contributed by atoms with E-state index in [4.69, 9.17) is 10.5 Å². The lowest BCUT2D eigenvalue weighted by Crippen LogP contribution is -2.31. The number of nitrogens with zero attached hydrogens (tertiary/aromatic N) is 1. The monoisotopic (exact) mass is 266 g/mol. The molecule has 1 saturated carbocycles. The van der Waals surface area contributed by atoms with E-state index in [1.807, 2.05) is 14.0 Å². The van der Waals surface area contributed by atoms with Crippen LogP contribution in [-0.2, 0) is 0 Å². The summed E-state index contributed by atoms with van der Waals surface area (Å²) < 4.78 is 19.2. The molecule has 106 valence electrons. The van der Waals surface area contributed by atoms with E-state index in [9.17, 15) is 4.39 Å². The van der Waals surface area contributed by atoms with Crippen LogP contribution in [0, 0.1) is 11.7 Å². The molecule has 0 spiro atoms. The van der Waals surface area contributed by atoms with Crippen molar-refractivity contribution in [1.29, 1.82) is 0 Å². The first kappa shape index (κ1) is 14.0. The fourth-order valence-electron chi connectivity index (χ4n) is 2.30. The average molecular weight is 266 g/mol. The van der Waals surface area contributed by atoms with Crippen molar-refractivity contribution < 1.29 is 9.13 Å². The second kappa shape index (κ2) is 5.68. The average Bonchev–Trinajstić information content (AvgIpc) is 3.20. The molecular formula is C15H23FN2O. The molecule has 2 rings (SSSR count). The summed E-state index contributed by atoms with van der Waals surface area (Å²) in [6.45, 7) is 4.70. The molecule has 0 radical (unpaired) electrons. The Kier molecular flexibility index (Phi) is 4.17. The molecule has 2 N–H and O–H groups in total. The standard InChI is InChI=1S/C15H23FN2O/c1-4-7-19-15-9-14(13(17)8-12(15)16)18(3)10(2)11-5-6-11/h8-11H,4-7,17H2,1-3H3. The smallest absolute Gasteiger partial charge is 0.167 e. The normalized spacial score (nSPS) is 16.2. The molecule has 19 heavy (non-hydrogen) atoms. The second-order valence-electron chi connectivity index (χ2n) is 5.38. The van der Waals surface area contributed by atoms with Gasteiger partial charge in [-0.25, -0.2) is 4.39 Å². The number of ether oxygens (including phenoxy) is 1. The van der Waals surface area contributed by atoms with Crippen molar-refractivity contribution in [2.45, 2.75) is 39.2 Å². The van der Waals surface area contributed by atoms with Crippen LogP contribution in [0.1, 0.15) is 33.1 Å². The van der Waals surface area contributed by atoms with E-state index in [0.29, 0.717) is 24.1 Å². The number of nitrogen functional groups attached to an aromatic ring is 1. The first-order chi connectivity index (χ1) is 9.04. The highest BCUT2D eigenvalue weighted by Gasteiger charge is 2.31. The van der Waals surface area contributed by atoms with Crippen molar-refractivity contribution in [2.75, 3.05) is 24.3 Å². The van der Waals surface area contributed by atoms with Crippen LogP contribution >= 0.6 is 0 Å². The minimum Gasteiger partial charge on any atom is -0.490 e. The number of rotatable bonds is 6. The molecule has 0 bridgehead atoms. The van der Waals surface area contributed by atoms with Crippen molar-refractivity contribution in [2.24, 2.45) is 5.92 Å². The molecule has 4 heteroatoms. The molecule has 1 fully saturated rings. The van der Waals surface area contributed by atoms with Gasteiger partial charge in [-0.1, -0.05) is 6.92 Å². The van der Waals surface area contributed by atoms with Gasteiger partial charge in [-0.3, -0.25) is 0 Å². The summed E-state index contributed by atoms with van der Waals surface area (Å²) in [6, 6.07) is 3.50. The number of benzene rings is 1. The Morgan fingerprint density at radius 1 is 1.47 bits per heavy atom. The summed E-state index contributed by atoms with van der Waals surface area (Å²) in [5, 5.41) is 0. The highest BCUT2D eigenvalue weighted by atomic mass is 19.1.